The maximum Gasteiger partial charge on any atom is 0.303 e. The van der Waals surface area contributed by atoms with Gasteiger partial charge >= 0.3 is 5.97 Å². The first-order chi connectivity index (χ1) is 10.6. The normalized spacial score (nSPS) is 14.0. The molecule has 3 N–H and O–H groups in total. The van der Waals surface area contributed by atoms with Gasteiger partial charge in [-0.3, -0.25) is 4.79 Å². The smallest absolute Gasteiger partial charge is 0.303 e. The van der Waals surface area contributed by atoms with Crippen LogP contribution in [0.2, 0.25) is 0 Å². The second kappa shape index (κ2) is 15.3. The van der Waals surface area contributed by atoms with Gasteiger partial charge in [0.25, 0.3) is 0 Å². The molecule has 0 aromatic rings. The number of hydrogen-bond acceptors (Lipinski definition) is 3. The highest BCUT2D eigenvalue weighted by atomic mass is 16.4. The molecular weight excluding hydrogens is 280 g/mol. The van der Waals surface area contributed by atoms with Crippen molar-refractivity contribution in [2.24, 2.45) is 0 Å². The number of carbonyl (C=O) groups is 1. The molecular formula is C18H36O4. The zero-order chi connectivity index (χ0) is 16.6. The first-order valence-electron chi connectivity index (χ1n) is 9.15. The van der Waals surface area contributed by atoms with Gasteiger partial charge in [-0.2, -0.15) is 0 Å². The van der Waals surface area contributed by atoms with E-state index >= 15 is 0 Å². The van der Waals surface area contributed by atoms with Crippen molar-refractivity contribution in [2.45, 2.75) is 109 Å². The Kier molecular flexibility index (Phi) is 14.9. The third kappa shape index (κ3) is 14.3. The van der Waals surface area contributed by atoms with Crippen LogP contribution in [-0.4, -0.2) is 33.5 Å². The topological polar surface area (TPSA) is 77.8 Å². The van der Waals surface area contributed by atoms with Crippen LogP contribution in [0.15, 0.2) is 0 Å². The average molecular weight is 316 g/mol. The predicted molar refractivity (Wildman–Crippen MR) is 90.0 cm³/mol. The number of hydrogen-bond donors (Lipinski definition) is 3. The van der Waals surface area contributed by atoms with Crippen molar-refractivity contribution in [3.63, 3.8) is 0 Å². The van der Waals surface area contributed by atoms with Gasteiger partial charge in [0.1, 0.15) is 0 Å². The molecule has 0 aromatic heterocycles. The summed E-state index contributed by atoms with van der Waals surface area (Å²) in [4.78, 5) is 10.4. The molecule has 0 aliphatic heterocycles. The summed E-state index contributed by atoms with van der Waals surface area (Å²) < 4.78 is 0. The van der Waals surface area contributed by atoms with E-state index in [1.54, 1.807) is 0 Å². The fraction of sp³-hybridized carbons (Fsp3) is 0.944. The fourth-order valence-electron chi connectivity index (χ4n) is 2.68. The lowest BCUT2D eigenvalue weighted by molar-refractivity contribution is -0.137. The molecule has 0 aliphatic rings. The highest BCUT2D eigenvalue weighted by molar-refractivity contribution is 5.66. The minimum absolute atomic E-state index is 0.250. The molecule has 4 nitrogen and oxygen atoms in total. The van der Waals surface area contributed by atoms with Crippen LogP contribution in [0.1, 0.15) is 96.8 Å². The quantitative estimate of drug-likeness (QED) is 0.371. The van der Waals surface area contributed by atoms with E-state index in [0.717, 1.165) is 44.9 Å². The van der Waals surface area contributed by atoms with Crippen LogP contribution in [0, 0.1) is 0 Å². The molecule has 0 bridgehead atoms. The average Bonchev–Trinajstić information content (AvgIpc) is 2.49. The van der Waals surface area contributed by atoms with Crippen LogP contribution in [0.3, 0.4) is 0 Å². The third-order valence-corrected chi connectivity index (χ3v) is 4.19. The van der Waals surface area contributed by atoms with Gasteiger partial charge in [-0.25, -0.2) is 0 Å². The van der Waals surface area contributed by atoms with Gasteiger partial charge in [0, 0.05) is 6.42 Å². The van der Waals surface area contributed by atoms with Crippen molar-refractivity contribution in [3.05, 3.63) is 0 Å². The molecule has 0 heterocycles. The first-order valence-corrected chi connectivity index (χ1v) is 9.15. The number of rotatable bonds is 16. The number of aliphatic carboxylic acids is 1. The molecule has 0 aromatic carbocycles. The van der Waals surface area contributed by atoms with Crippen LogP contribution in [0.5, 0.6) is 0 Å². The number of carboxylic acids is 1. The Bertz CT molecular complexity index is 255. The zero-order valence-electron chi connectivity index (χ0n) is 14.3. The summed E-state index contributed by atoms with van der Waals surface area (Å²) in [5.74, 6) is -0.728. The molecule has 4 heteroatoms. The molecule has 0 saturated heterocycles. The van der Waals surface area contributed by atoms with Gasteiger partial charge in [0.05, 0.1) is 12.2 Å². The van der Waals surface area contributed by atoms with Crippen molar-refractivity contribution in [1.29, 1.82) is 0 Å². The lowest BCUT2D eigenvalue weighted by Gasteiger charge is -2.17. The van der Waals surface area contributed by atoms with E-state index in [0.29, 0.717) is 12.8 Å². The van der Waals surface area contributed by atoms with E-state index in [9.17, 15) is 15.0 Å². The lowest BCUT2D eigenvalue weighted by Crippen LogP contribution is -2.25. The Hall–Kier alpha value is -0.610. The zero-order valence-corrected chi connectivity index (χ0v) is 14.3. The van der Waals surface area contributed by atoms with Crippen LogP contribution in [0.25, 0.3) is 0 Å². The highest BCUT2D eigenvalue weighted by Gasteiger charge is 2.15. The van der Waals surface area contributed by atoms with Crippen molar-refractivity contribution >= 4 is 5.97 Å². The number of unbranched alkanes of at least 4 members (excludes halogenated alkanes) is 9. The largest absolute Gasteiger partial charge is 0.481 e. The van der Waals surface area contributed by atoms with E-state index in [1.165, 1.54) is 25.7 Å². The van der Waals surface area contributed by atoms with E-state index in [2.05, 4.69) is 6.92 Å². The summed E-state index contributed by atoms with van der Waals surface area (Å²) in [6.07, 6.45) is 12.2. The molecule has 0 amide bonds. The van der Waals surface area contributed by atoms with Crippen LogP contribution in [0.4, 0.5) is 0 Å². The minimum Gasteiger partial charge on any atom is -0.481 e. The number of carboxylic acid groups (broad SMARTS) is 1. The summed E-state index contributed by atoms with van der Waals surface area (Å²) in [6.45, 7) is 2.20. The number of aliphatic hydroxyl groups excluding tert-OH is 2. The molecule has 132 valence electrons. The molecule has 0 saturated carbocycles. The van der Waals surface area contributed by atoms with Crippen molar-refractivity contribution in [2.75, 3.05) is 0 Å². The van der Waals surface area contributed by atoms with Gasteiger partial charge in [-0.1, -0.05) is 71.1 Å². The first kappa shape index (κ1) is 21.4. The molecule has 1 unspecified atom stereocenters. The molecule has 0 spiro atoms. The summed E-state index contributed by atoms with van der Waals surface area (Å²) in [5.41, 5.74) is 0. The monoisotopic (exact) mass is 316 g/mol. The Labute approximate surface area is 135 Å². The SMILES string of the molecule is CCCCCCCC[C@@H](O)C(O)CCCCCCCC(=O)O. The van der Waals surface area contributed by atoms with Crippen LogP contribution in [-0.2, 0) is 4.79 Å². The van der Waals surface area contributed by atoms with Crippen molar-refractivity contribution in [1.82, 2.24) is 0 Å². The van der Waals surface area contributed by atoms with Crippen LogP contribution >= 0.6 is 0 Å². The standard InChI is InChI=1S/C18H36O4/c1-2-3-4-5-7-10-13-16(19)17(20)14-11-8-6-9-12-15-18(21)22/h16-17,19-20H,2-15H2,1H3,(H,21,22)/t16-,17?/m1/s1. The van der Waals surface area contributed by atoms with Gasteiger partial charge in [0.2, 0.25) is 0 Å². The van der Waals surface area contributed by atoms with E-state index in [1.807, 2.05) is 0 Å². The van der Waals surface area contributed by atoms with Gasteiger partial charge in [0.15, 0.2) is 0 Å². The second-order valence-electron chi connectivity index (χ2n) is 6.39. The van der Waals surface area contributed by atoms with Gasteiger partial charge in [-0.05, 0) is 19.3 Å². The molecule has 0 fully saturated rings. The summed E-state index contributed by atoms with van der Waals surface area (Å²) in [7, 11) is 0. The number of aliphatic hydroxyl groups is 2. The summed E-state index contributed by atoms with van der Waals surface area (Å²) in [5, 5.41) is 28.3. The second-order valence-corrected chi connectivity index (χ2v) is 6.39. The molecule has 0 aliphatic carbocycles. The van der Waals surface area contributed by atoms with Gasteiger partial charge in [-0.15, -0.1) is 0 Å². The summed E-state index contributed by atoms with van der Waals surface area (Å²) >= 11 is 0. The highest BCUT2D eigenvalue weighted by Crippen LogP contribution is 2.15. The fourth-order valence-corrected chi connectivity index (χ4v) is 2.68. The lowest BCUT2D eigenvalue weighted by atomic mass is 9.99. The Morgan fingerprint density at radius 2 is 1.14 bits per heavy atom. The molecule has 0 radical (unpaired) electrons. The molecule has 2 atom stereocenters. The van der Waals surface area contributed by atoms with Gasteiger partial charge < -0.3 is 15.3 Å². The van der Waals surface area contributed by atoms with E-state index in [4.69, 9.17) is 5.11 Å². The minimum atomic E-state index is -0.728. The molecule has 0 rings (SSSR count). The van der Waals surface area contributed by atoms with Crippen molar-refractivity contribution < 1.29 is 20.1 Å². The van der Waals surface area contributed by atoms with E-state index < -0.39 is 18.2 Å². The van der Waals surface area contributed by atoms with Crippen molar-refractivity contribution in [3.8, 4) is 0 Å². The Morgan fingerprint density at radius 3 is 1.59 bits per heavy atom. The van der Waals surface area contributed by atoms with Crippen LogP contribution < -0.4 is 0 Å². The molecule has 22 heavy (non-hydrogen) atoms. The predicted octanol–water partition coefficient (Wildman–Crippen LogP) is 4.27. The Morgan fingerprint density at radius 1 is 0.727 bits per heavy atom. The Balaban J connectivity index is 3.38. The maximum absolute atomic E-state index is 10.4. The third-order valence-electron chi connectivity index (χ3n) is 4.19. The summed E-state index contributed by atoms with van der Waals surface area (Å²) in [6, 6.07) is 0. The van der Waals surface area contributed by atoms with E-state index in [-0.39, 0.29) is 6.42 Å². The maximum atomic E-state index is 10.4.